The summed E-state index contributed by atoms with van der Waals surface area (Å²) in [7, 11) is 5.13. The van der Waals surface area contributed by atoms with Gasteiger partial charge in [-0.05, 0) is 252 Å². The van der Waals surface area contributed by atoms with Crippen LogP contribution >= 0.6 is 34.8 Å². The fourth-order valence-electron chi connectivity index (χ4n) is 19.5. The third-order valence-electron chi connectivity index (χ3n) is 27.3. The van der Waals surface area contributed by atoms with Crippen molar-refractivity contribution >= 4 is 112 Å². The Hall–Kier alpha value is -15.7. The highest BCUT2D eigenvalue weighted by molar-refractivity contribution is 6.31. The summed E-state index contributed by atoms with van der Waals surface area (Å²) in [6.07, 6.45) is 31.4. The minimum atomic E-state index is -1.03. The van der Waals surface area contributed by atoms with Gasteiger partial charge in [-0.3, -0.25) is 58.1 Å². The topological polar surface area (TPSA) is 393 Å². The molecule has 0 bridgehead atoms. The molecule has 2 saturated carbocycles. The van der Waals surface area contributed by atoms with Crippen LogP contribution in [-0.4, -0.2) is 221 Å². The molecule has 2 fully saturated rings. The molecular weight excluding hydrogens is 1980 g/mol. The Morgan fingerprint density at radius 1 is 0.433 bits per heavy atom. The van der Waals surface area contributed by atoms with Gasteiger partial charge in [0.25, 0.3) is 5.91 Å². The number of methoxy groups -OCH3 is 1. The van der Waals surface area contributed by atoms with Gasteiger partial charge < -0.3 is 39.1 Å². The van der Waals surface area contributed by atoms with Crippen LogP contribution in [0.25, 0.3) is 46.4 Å². The summed E-state index contributed by atoms with van der Waals surface area (Å²) in [6.45, 7) is 5.96. The number of aromatic nitrogens is 15. The van der Waals surface area contributed by atoms with Crippen LogP contribution in [0.1, 0.15) is 218 Å². The summed E-state index contributed by atoms with van der Waals surface area (Å²) in [5, 5.41) is 35.7. The number of hydrogen-bond donors (Lipinski definition) is 1. The van der Waals surface area contributed by atoms with E-state index in [1.807, 2.05) is 85.7 Å². The van der Waals surface area contributed by atoms with E-state index in [0.717, 1.165) is 52.2 Å². The molecule has 33 nitrogen and oxygen atoms in total. The van der Waals surface area contributed by atoms with Gasteiger partial charge in [-0.25, -0.2) is 18.0 Å². The number of likely N-dealkylation sites (N-methyl/N-ethyl adjacent to an activating group) is 1. The van der Waals surface area contributed by atoms with Gasteiger partial charge in [0.05, 0.1) is 77.3 Å². The molecule has 0 radical (unpaired) electrons. The maximum absolute atomic E-state index is 15.3. The zero-order chi connectivity index (χ0) is 106. The number of nitrogens with zero attached hydrogens (tertiary/aromatic N) is 19. The third-order valence-corrected chi connectivity index (χ3v) is 28.2. The predicted octanol–water partition coefficient (Wildman–Crippen LogP) is 17.3. The fourth-order valence-corrected chi connectivity index (χ4v) is 20.0. The number of carbonyl (C=O) groups excluding carboxylic acids is 10. The number of rotatable bonds is 34. The molecule has 6 aromatic heterocycles. The average molecular weight is 2090 g/mol. The first kappa shape index (κ1) is 107. The predicted molar refractivity (Wildman–Crippen MR) is 553 cm³/mol. The molecule has 0 unspecified atom stereocenters. The number of amides is 4. The van der Waals surface area contributed by atoms with Crippen LogP contribution < -0.4 is 14.8 Å². The van der Waals surface area contributed by atoms with Crippen LogP contribution in [0, 0.1) is 29.3 Å². The summed E-state index contributed by atoms with van der Waals surface area (Å²) in [4.78, 5) is 152. The van der Waals surface area contributed by atoms with Crippen LogP contribution in [0.3, 0.4) is 0 Å². The van der Waals surface area contributed by atoms with Crippen molar-refractivity contribution < 1.29 is 75.3 Å². The van der Waals surface area contributed by atoms with E-state index in [1.54, 1.807) is 54.6 Å². The number of ether oxygens (including phenoxy) is 3. The van der Waals surface area contributed by atoms with Gasteiger partial charge in [0.15, 0.2) is 46.4 Å². The molecule has 7 aromatic carbocycles. The van der Waals surface area contributed by atoms with E-state index in [0.29, 0.717) is 108 Å². The van der Waals surface area contributed by atoms with Gasteiger partial charge in [0.2, 0.25) is 17.7 Å². The lowest BCUT2D eigenvalue weighted by molar-refractivity contribution is -0.136. The Kier molecular flexibility index (Phi) is 36.0. The third kappa shape index (κ3) is 26.0. The molecule has 9 heterocycles. The zero-order valence-corrected chi connectivity index (χ0v) is 85.3. The summed E-state index contributed by atoms with van der Waals surface area (Å²) in [6, 6.07) is 39.6. The Morgan fingerprint density at radius 3 is 1.14 bits per heavy atom. The highest BCUT2D eigenvalue weighted by Gasteiger charge is 2.41. The van der Waals surface area contributed by atoms with Gasteiger partial charge in [0, 0.05) is 131 Å². The minimum absolute atomic E-state index is 0.0181. The molecule has 18 rings (SSSR count). The first-order valence-corrected chi connectivity index (χ1v) is 50.6. The van der Waals surface area contributed by atoms with Crippen LogP contribution in [0.2, 0.25) is 15.1 Å². The van der Waals surface area contributed by atoms with Gasteiger partial charge in [0.1, 0.15) is 48.6 Å². The first-order valence-electron chi connectivity index (χ1n) is 49.4. The molecular formula is C111H108Cl3F3N20O13. The molecule has 2 aliphatic carbocycles. The van der Waals surface area contributed by atoms with E-state index in [-0.39, 0.29) is 128 Å². The van der Waals surface area contributed by atoms with E-state index in [4.69, 9.17) is 49.0 Å². The molecule has 5 aliphatic rings. The van der Waals surface area contributed by atoms with Crippen LogP contribution in [-0.2, 0) is 72.0 Å². The van der Waals surface area contributed by atoms with Crippen molar-refractivity contribution in [3.63, 3.8) is 0 Å². The second-order valence-electron chi connectivity index (χ2n) is 37.3. The number of fused-ring (bicyclic) bond motifs is 3. The van der Waals surface area contributed by atoms with Gasteiger partial charge in [-0.15, -0.1) is 15.3 Å². The van der Waals surface area contributed by atoms with Crippen molar-refractivity contribution in [1.82, 2.24) is 100 Å². The lowest BCUT2D eigenvalue weighted by atomic mass is 9.84. The lowest BCUT2D eigenvalue weighted by Gasteiger charge is -2.37. The molecule has 772 valence electrons. The Labute approximate surface area is 877 Å². The molecule has 1 N–H and O–H groups in total. The summed E-state index contributed by atoms with van der Waals surface area (Å²) in [5.41, 5.74) is 10.2. The number of hydrogen-bond acceptors (Lipinski definition) is 26. The highest BCUT2D eigenvalue weighted by atomic mass is 35.5. The quantitative estimate of drug-likeness (QED) is 0.0222. The zero-order valence-electron chi connectivity index (χ0n) is 83.0. The smallest absolute Gasteiger partial charge is 0.339 e. The number of pyridine rings is 3. The van der Waals surface area contributed by atoms with E-state index >= 15 is 13.2 Å². The number of tetrazole rings is 3. The lowest BCUT2D eigenvalue weighted by Crippen LogP contribution is -2.43. The van der Waals surface area contributed by atoms with E-state index in [1.165, 1.54) is 218 Å². The highest BCUT2D eigenvalue weighted by Crippen LogP contribution is 2.43. The van der Waals surface area contributed by atoms with Crippen molar-refractivity contribution in [1.29, 1.82) is 0 Å². The van der Waals surface area contributed by atoms with Gasteiger partial charge in [-0.2, -0.15) is 14.0 Å². The van der Waals surface area contributed by atoms with Crippen LogP contribution in [0.5, 0.6) is 11.5 Å². The maximum atomic E-state index is 15.3. The molecule has 39 heteroatoms. The molecule has 3 aliphatic heterocycles. The van der Waals surface area contributed by atoms with E-state index in [2.05, 4.69) is 66.8 Å². The van der Waals surface area contributed by atoms with Crippen molar-refractivity contribution in [2.45, 2.75) is 148 Å². The first-order chi connectivity index (χ1) is 72.6. The second-order valence-corrected chi connectivity index (χ2v) is 38.5. The standard InChI is InChI=1S/C39H36ClFN8O5.2C36H36ClFN6O4/c1-47(2)20-18-42-38(52)25-9-7-24(8-10-25)28-5-4-6-30-29(28)17-19-48(37(30)34(50)21-27-12-11-26(22-43-27)39(53)54-3)35(51)16-13-31-33(49-23-44-45-46-49)15-14-32(40)36(31)41;2*1-23(45)25-10-11-26(39-21-25)20-32(46)36-28-8-5-9-33(48-19-17-24-6-3-2-4-7-24)27(28)16-18-43(36)34(47)15-12-29-31(44-22-40-41-42-44)14-13-30(37)35(29)38/h4-16,22-23,37H,17-21H2,1-3H3,(H,42,52);2*5,8-15,21-22,24,36H,2-4,6-7,16-20H2,1H3/b16-13+;2*15-12+/t37-;2*36-/m010/s1. The fraction of sp³-hybridized carbons (Fsp3) is 0.315. The Morgan fingerprint density at radius 2 is 0.793 bits per heavy atom. The number of Topliss-reactive ketones (excluding diaryl/α,β-unsaturated/α-hetero) is 5. The van der Waals surface area contributed by atoms with E-state index in [9.17, 15) is 47.9 Å². The van der Waals surface area contributed by atoms with Crippen molar-refractivity contribution in [2.24, 2.45) is 11.8 Å². The summed E-state index contributed by atoms with van der Waals surface area (Å²) in [5.74, 6) is -2.76. The largest absolute Gasteiger partial charge is 0.493 e. The van der Waals surface area contributed by atoms with Gasteiger partial charge in [-0.1, -0.05) is 154 Å². The average Bonchev–Trinajstić information content (AvgIpc) is 1.42. The monoisotopic (exact) mass is 2090 g/mol. The normalized spacial score (nSPS) is 15.6. The Balaban J connectivity index is 0.000000161. The molecule has 3 atom stereocenters. The maximum Gasteiger partial charge on any atom is 0.339 e. The number of carbonyl (C=O) groups is 10. The molecule has 150 heavy (non-hydrogen) atoms. The number of nitrogens with one attached hydrogen (secondary N) is 1. The molecule has 13 aromatic rings. The summed E-state index contributed by atoms with van der Waals surface area (Å²) < 4.78 is 67.0. The van der Waals surface area contributed by atoms with Crippen LogP contribution in [0.4, 0.5) is 13.2 Å². The molecule has 4 amide bonds. The number of halogens is 6. The van der Waals surface area contributed by atoms with Gasteiger partial charge >= 0.3 is 5.97 Å². The number of benzene rings is 7. The molecule has 0 saturated heterocycles. The number of ketones is 5. The van der Waals surface area contributed by atoms with Crippen LogP contribution in [0.15, 0.2) is 207 Å². The van der Waals surface area contributed by atoms with E-state index < -0.39 is 59.3 Å². The Bertz CT molecular complexity index is 6930. The van der Waals surface area contributed by atoms with Crippen molar-refractivity contribution in [3.8, 4) is 39.7 Å². The van der Waals surface area contributed by atoms with Crippen molar-refractivity contribution in [3.05, 3.63) is 329 Å². The van der Waals surface area contributed by atoms with Crippen molar-refractivity contribution in [2.75, 3.05) is 67.1 Å². The second kappa shape index (κ2) is 50.4. The SMILES string of the molecule is CC(=O)c1ccc(CC(=O)[C@@H]2c3cccc(OCCC4CCCCC4)c3CCN2C(=O)/C=C/c2c(-n3cnnn3)ccc(Cl)c2F)nc1.CC(=O)c1ccc(CC(=O)[C@H]2c3cccc(OCCC4CCCCC4)c3CCN2C(=O)/C=C/c2c(-n3cnnn3)ccc(Cl)c2F)nc1.COC(=O)c1ccc(CC(=O)[C@@H]2c3cccc(-c4ccc(C(=O)NCCN(C)C)cc4)c3CCN2C(=O)/C=C/c2c(-n3cnnn3)ccc(Cl)c2F)nc1. The molecule has 0 spiro atoms. The minimum Gasteiger partial charge on any atom is -0.493 e. The summed E-state index contributed by atoms with van der Waals surface area (Å²) >= 11 is 18.3. The number of esters is 1.